The zero-order valence-corrected chi connectivity index (χ0v) is 11.3. The minimum atomic E-state index is 0.217. The molecule has 1 atom stereocenters. The fourth-order valence-corrected chi connectivity index (χ4v) is 2.65. The van der Waals surface area contributed by atoms with Crippen LogP contribution < -0.4 is 5.32 Å². The summed E-state index contributed by atoms with van der Waals surface area (Å²) in [7, 11) is 1.97. The van der Waals surface area contributed by atoms with Gasteiger partial charge in [-0.25, -0.2) is 0 Å². The van der Waals surface area contributed by atoms with Crippen molar-refractivity contribution in [3.05, 3.63) is 34.0 Å². The summed E-state index contributed by atoms with van der Waals surface area (Å²) in [6.07, 6.45) is 2.84. The molecule has 5 heteroatoms. The van der Waals surface area contributed by atoms with Crippen molar-refractivity contribution in [1.82, 2.24) is 20.1 Å². The third-order valence-corrected chi connectivity index (χ3v) is 4.01. The van der Waals surface area contributed by atoms with E-state index in [1.807, 2.05) is 23.0 Å². The first-order chi connectivity index (χ1) is 8.20. The number of nitrogens with one attached hydrogen (secondary N) is 1. The molecule has 92 valence electrons. The molecule has 0 amide bonds. The van der Waals surface area contributed by atoms with Crippen LogP contribution in [-0.4, -0.2) is 14.8 Å². The van der Waals surface area contributed by atoms with Crippen molar-refractivity contribution in [3.63, 3.8) is 0 Å². The topological polar surface area (TPSA) is 42.7 Å². The largest absolute Gasteiger partial charge is 0.319 e. The van der Waals surface area contributed by atoms with Gasteiger partial charge in [-0.2, -0.15) is 0 Å². The Labute approximate surface area is 106 Å². The molecule has 0 saturated carbocycles. The summed E-state index contributed by atoms with van der Waals surface area (Å²) >= 11 is 1.87. The van der Waals surface area contributed by atoms with E-state index in [1.54, 1.807) is 6.33 Å². The van der Waals surface area contributed by atoms with Crippen molar-refractivity contribution in [3.8, 4) is 0 Å². The van der Waals surface area contributed by atoms with Crippen molar-refractivity contribution in [2.24, 2.45) is 7.05 Å². The maximum Gasteiger partial charge on any atom is 0.149 e. The third-order valence-electron chi connectivity index (χ3n) is 2.78. The van der Waals surface area contributed by atoms with Crippen LogP contribution in [0.25, 0.3) is 0 Å². The van der Waals surface area contributed by atoms with E-state index >= 15 is 0 Å². The maximum absolute atomic E-state index is 4.10. The van der Waals surface area contributed by atoms with Gasteiger partial charge in [-0.15, -0.1) is 21.5 Å². The molecule has 1 unspecified atom stereocenters. The van der Waals surface area contributed by atoms with Crippen LogP contribution >= 0.6 is 11.3 Å². The van der Waals surface area contributed by atoms with Crippen molar-refractivity contribution in [2.45, 2.75) is 32.9 Å². The molecule has 0 saturated heterocycles. The summed E-state index contributed by atoms with van der Waals surface area (Å²) < 4.78 is 1.95. The lowest BCUT2D eigenvalue weighted by Crippen LogP contribution is -2.20. The Bertz CT molecular complexity index is 474. The monoisotopic (exact) mass is 250 g/mol. The number of hydrogen-bond acceptors (Lipinski definition) is 4. The van der Waals surface area contributed by atoms with Gasteiger partial charge in [-0.05, 0) is 25.5 Å². The van der Waals surface area contributed by atoms with Gasteiger partial charge >= 0.3 is 0 Å². The van der Waals surface area contributed by atoms with Crippen LogP contribution in [-0.2, 0) is 20.0 Å². The highest BCUT2D eigenvalue weighted by Crippen LogP contribution is 2.18. The molecule has 2 rings (SSSR count). The molecule has 2 heterocycles. The minimum absolute atomic E-state index is 0.217. The quantitative estimate of drug-likeness (QED) is 0.885. The van der Waals surface area contributed by atoms with Gasteiger partial charge in [0.05, 0.1) is 6.04 Å². The van der Waals surface area contributed by atoms with E-state index in [0.29, 0.717) is 0 Å². The first-order valence-electron chi connectivity index (χ1n) is 5.85. The van der Waals surface area contributed by atoms with Crippen molar-refractivity contribution in [2.75, 3.05) is 0 Å². The van der Waals surface area contributed by atoms with E-state index in [2.05, 4.69) is 41.5 Å². The highest BCUT2D eigenvalue weighted by Gasteiger charge is 2.10. The summed E-state index contributed by atoms with van der Waals surface area (Å²) in [4.78, 5) is 2.81. The van der Waals surface area contributed by atoms with Crippen LogP contribution in [0, 0.1) is 0 Å². The highest BCUT2D eigenvalue weighted by molar-refractivity contribution is 7.11. The molecule has 0 aliphatic heterocycles. The second-order valence-corrected chi connectivity index (χ2v) is 5.38. The lowest BCUT2D eigenvalue weighted by Gasteiger charge is -2.11. The van der Waals surface area contributed by atoms with Crippen LogP contribution in [0.3, 0.4) is 0 Å². The molecule has 2 aromatic heterocycles. The van der Waals surface area contributed by atoms with Crippen LogP contribution in [0.1, 0.15) is 35.5 Å². The number of rotatable bonds is 5. The standard InChI is InChI=1S/C12H18N4S/c1-4-10-5-6-11(17-10)7-13-9(2)12-15-14-8-16(12)3/h5-6,8-9,13H,4,7H2,1-3H3. The zero-order chi connectivity index (χ0) is 12.3. The zero-order valence-electron chi connectivity index (χ0n) is 10.5. The lowest BCUT2D eigenvalue weighted by molar-refractivity contribution is 0.531. The van der Waals surface area contributed by atoms with E-state index in [-0.39, 0.29) is 6.04 Å². The minimum Gasteiger partial charge on any atom is -0.319 e. The van der Waals surface area contributed by atoms with Gasteiger partial charge in [-0.3, -0.25) is 0 Å². The average Bonchev–Trinajstić information content (AvgIpc) is 2.94. The summed E-state index contributed by atoms with van der Waals surface area (Å²) in [5.74, 6) is 0.970. The molecule has 0 radical (unpaired) electrons. The Balaban J connectivity index is 1.92. The van der Waals surface area contributed by atoms with Crippen LogP contribution in [0.2, 0.25) is 0 Å². The van der Waals surface area contributed by atoms with Gasteiger partial charge in [-0.1, -0.05) is 6.92 Å². The van der Waals surface area contributed by atoms with Gasteiger partial charge in [0.2, 0.25) is 0 Å². The summed E-state index contributed by atoms with van der Waals surface area (Å²) in [6.45, 7) is 5.18. The smallest absolute Gasteiger partial charge is 0.149 e. The van der Waals surface area contributed by atoms with Gasteiger partial charge in [0.25, 0.3) is 0 Å². The van der Waals surface area contributed by atoms with Crippen LogP contribution in [0.4, 0.5) is 0 Å². The maximum atomic E-state index is 4.10. The van der Waals surface area contributed by atoms with Gasteiger partial charge in [0, 0.05) is 23.3 Å². The summed E-state index contributed by atoms with van der Waals surface area (Å²) in [5, 5.41) is 11.5. The Morgan fingerprint density at radius 1 is 1.41 bits per heavy atom. The van der Waals surface area contributed by atoms with E-state index in [4.69, 9.17) is 0 Å². The molecule has 4 nitrogen and oxygen atoms in total. The molecule has 0 aliphatic rings. The van der Waals surface area contributed by atoms with Crippen LogP contribution in [0.15, 0.2) is 18.5 Å². The number of aromatic nitrogens is 3. The van der Waals surface area contributed by atoms with Crippen molar-refractivity contribution < 1.29 is 0 Å². The second kappa shape index (κ2) is 5.42. The molecule has 1 N–H and O–H groups in total. The fraction of sp³-hybridized carbons (Fsp3) is 0.500. The molecule has 0 fully saturated rings. The second-order valence-electron chi connectivity index (χ2n) is 4.12. The van der Waals surface area contributed by atoms with Gasteiger partial charge in [0.1, 0.15) is 12.2 Å². The predicted molar refractivity (Wildman–Crippen MR) is 70.0 cm³/mol. The lowest BCUT2D eigenvalue weighted by atomic mass is 10.3. The Kier molecular flexibility index (Phi) is 3.91. The molecule has 2 aromatic rings. The Morgan fingerprint density at radius 3 is 2.76 bits per heavy atom. The van der Waals surface area contributed by atoms with E-state index < -0.39 is 0 Å². The van der Waals surface area contributed by atoms with E-state index in [9.17, 15) is 0 Å². The number of nitrogens with zero attached hydrogens (tertiary/aromatic N) is 3. The van der Waals surface area contributed by atoms with Gasteiger partial charge in [0.15, 0.2) is 0 Å². The van der Waals surface area contributed by atoms with E-state index in [0.717, 1.165) is 18.8 Å². The third kappa shape index (κ3) is 2.92. The summed E-state index contributed by atoms with van der Waals surface area (Å²) in [5.41, 5.74) is 0. The first kappa shape index (κ1) is 12.3. The number of thiophene rings is 1. The van der Waals surface area contributed by atoms with Crippen molar-refractivity contribution >= 4 is 11.3 Å². The Morgan fingerprint density at radius 2 is 2.18 bits per heavy atom. The van der Waals surface area contributed by atoms with Crippen molar-refractivity contribution in [1.29, 1.82) is 0 Å². The number of hydrogen-bond donors (Lipinski definition) is 1. The fourth-order valence-electron chi connectivity index (χ4n) is 1.74. The average molecular weight is 250 g/mol. The molecular formula is C12H18N4S. The predicted octanol–water partition coefficient (Wildman–Crippen LogP) is 2.29. The van der Waals surface area contributed by atoms with Crippen LogP contribution in [0.5, 0.6) is 0 Å². The number of aryl methyl sites for hydroxylation is 2. The molecule has 0 bridgehead atoms. The Hall–Kier alpha value is -1.20. The SMILES string of the molecule is CCc1ccc(CNC(C)c2nncn2C)s1. The molecule has 17 heavy (non-hydrogen) atoms. The molecule has 0 aromatic carbocycles. The first-order valence-corrected chi connectivity index (χ1v) is 6.67. The molecular weight excluding hydrogens is 232 g/mol. The molecule has 0 aliphatic carbocycles. The van der Waals surface area contributed by atoms with Gasteiger partial charge < -0.3 is 9.88 Å². The van der Waals surface area contributed by atoms with E-state index in [1.165, 1.54) is 9.75 Å². The summed E-state index contributed by atoms with van der Waals surface area (Å²) in [6, 6.07) is 4.61. The normalized spacial score (nSPS) is 12.9. The molecule has 0 spiro atoms. The highest BCUT2D eigenvalue weighted by atomic mass is 32.1.